The molecule has 0 spiro atoms. The van der Waals surface area contributed by atoms with E-state index in [1.807, 2.05) is 17.8 Å². The molecule has 1 aromatic rings. The first-order valence-corrected chi connectivity index (χ1v) is 7.58. The Bertz CT molecular complexity index is 448. The highest BCUT2D eigenvalue weighted by atomic mass is 32.2. The van der Waals surface area contributed by atoms with Gasteiger partial charge >= 0.3 is 5.97 Å². The summed E-state index contributed by atoms with van der Waals surface area (Å²) in [6, 6.07) is 8.41. The summed E-state index contributed by atoms with van der Waals surface area (Å²) in [6.45, 7) is 5.23. The predicted octanol–water partition coefficient (Wildman–Crippen LogP) is 3.01. The Labute approximate surface area is 119 Å². The minimum atomic E-state index is -0.112. The second kappa shape index (κ2) is 6.44. The van der Waals surface area contributed by atoms with Crippen molar-refractivity contribution in [3.05, 3.63) is 29.8 Å². The van der Waals surface area contributed by atoms with Gasteiger partial charge in [-0.15, -0.1) is 11.8 Å². The van der Waals surface area contributed by atoms with Gasteiger partial charge in [0.25, 0.3) is 0 Å². The van der Waals surface area contributed by atoms with Gasteiger partial charge in [0.05, 0.1) is 13.0 Å². The van der Waals surface area contributed by atoms with Gasteiger partial charge < -0.3 is 10.1 Å². The van der Waals surface area contributed by atoms with E-state index in [4.69, 9.17) is 4.74 Å². The van der Waals surface area contributed by atoms with Crippen LogP contribution in [0.15, 0.2) is 29.2 Å². The lowest BCUT2D eigenvalue weighted by atomic mass is 9.94. The van der Waals surface area contributed by atoms with Crippen LogP contribution in [0.5, 0.6) is 0 Å². The molecule has 3 nitrogen and oxygen atoms in total. The molecule has 19 heavy (non-hydrogen) atoms. The van der Waals surface area contributed by atoms with Crippen molar-refractivity contribution in [2.45, 2.75) is 36.5 Å². The Morgan fingerprint density at radius 3 is 2.84 bits per heavy atom. The molecule has 104 valence electrons. The lowest BCUT2D eigenvalue weighted by Gasteiger charge is -2.21. The maximum Gasteiger partial charge on any atom is 0.310 e. The SMILES string of the molecule is COC(=O)C1CCNC1c1ccccc1SC(C)C. The zero-order chi connectivity index (χ0) is 13.8. The first-order valence-electron chi connectivity index (χ1n) is 6.70. The van der Waals surface area contributed by atoms with Crippen molar-refractivity contribution in [3.8, 4) is 0 Å². The van der Waals surface area contributed by atoms with Crippen LogP contribution in [0.3, 0.4) is 0 Å². The van der Waals surface area contributed by atoms with E-state index < -0.39 is 0 Å². The highest BCUT2D eigenvalue weighted by Gasteiger charge is 2.35. The predicted molar refractivity (Wildman–Crippen MR) is 78.3 cm³/mol. The van der Waals surface area contributed by atoms with Gasteiger partial charge in [-0.3, -0.25) is 4.79 Å². The van der Waals surface area contributed by atoms with E-state index in [0.717, 1.165) is 13.0 Å². The number of benzene rings is 1. The highest BCUT2D eigenvalue weighted by Crippen LogP contribution is 2.37. The summed E-state index contributed by atoms with van der Waals surface area (Å²) < 4.78 is 4.92. The minimum absolute atomic E-state index is 0.0705. The molecule has 0 bridgehead atoms. The molecule has 1 N–H and O–H groups in total. The molecule has 1 aromatic carbocycles. The van der Waals surface area contributed by atoms with Crippen LogP contribution in [0.1, 0.15) is 31.9 Å². The van der Waals surface area contributed by atoms with Crippen LogP contribution in [0, 0.1) is 5.92 Å². The first kappa shape index (κ1) is 14.4. The van der Waals surface area contributed by atoms with Gasteiger partial charge in [-0.1, -0.05) is 32.0 Å². The Morgan fingerprint density at radius 2 is 2.16 bits per heavy atom. The normalized spacial score (nSPS) is 22.7. The fraction of sp³-hybridized carbons (Fsp3) is 0.533. The number of carbonyl (C=O) groups excluding carboxylic acids is 1. The molecule has 0 amide bonds. The molecular weight excluding hydrogens is 258 g/mol. The lowest BCUT2D eigenvalue weighted by molar-refractivity contribution is -0.145. The van der Waals surface area contributed by atoms with Crippen molar-refractivity contribution in [2.24, 2.45) is 5.92 Å². The summed E-state index contributed by atoms with van der Waals surface area (Å²) in [4.78, 5) is 13.1. The van der Waals surface area contributed by atoms with Gasteiger partial charge in [-0.05, 0) is 24.6 Å². The van der Waals surface area contributed by atoms with Crippen LogP contribution in [-0.2, 0) is 9.53 Å². The van der Waals surface area contributed by atoms with Gasteiger partial charge in [0.1, 0.15) is 0 Å². The van der Waals surface area contributed by atoms with Crippen LogP contribution in [0.4, 0.5) is 0 Å². The van der Waals surface area contributed by atoms with Crippen LogP contribution < -0.4 is 5.32 Å². The second-order valence-electron chi connectivity index (χ2n) is 5.05. The Hall–Kier alpha value is -1.00. The number of esters is 1. The van der Waals surface area contributed by atoms with Gasteiger partial charge in [0.15, 0.2) is 0 Å². The second-order valence-corrected chi connectivity index (χ2v) is 6.67. The summed E-state index contributed by atoms with van der Waals surface area (Å²) in [5.41, 5.74) is 1.22. The average Bonchev–Trinajstić information content (AvgIpc) is 2.87. The van der Waals surface area contributed by atoms with Crippen molar-refractivity contribution in [1.82, 2.24) is 5.32 Å². The number of rotatable bonds is 4. The summed E-state index contributed by atoms with van der Waals surface area (Å²) >= 11 is 1.84. The quantitative estimate of drug-likeness (QED) is 0.679. The molecule has 1 heterocycles. The third kappa shape index (κ3) is 3.31. The van der Waals surface area contributed by atoms with Crippen LogP contribution in [0.25, 0.3) is 0 Å². The van der Waals surface area contributed by atoms with Crippen molar-refractivity contribution >= 4 is 17.7 Å². The van der Waals surface area contributed by atoms with Crippen LogP contribution in [0.2, 0.25) is 0 Å². The maximum absolute atomic E-state index is 11.9. The molecule has 1 fully saturated rings. The van der Waals surface area contributed by atoms with Crippen LogP contribution >= 0.6 is 11.8 Å². The standard InChI is InChI=1S/C15H21NO2S/c1-10(2)19-13-7-5-4-6-11(13)14-12(8-9-16-14)15(17)18-3/h4-7,10,12,14,16H,8-9H2,1-3H3. The topological polar surface area (TPSA) is 38.3 Å². The average molecular weight is 279 g/mol. The van der Waals surface area contributed by atoms with Crippen molar-refractivity contribution in [1.29, 1.82) is 0 Å². The van der Waals surface area contributed by atoms with E-state index >= 15 is 0 Å². The number of carbonyl (C=O) groups is 1. The first-order chi connectivity index (χ1) is 9.13. The van der Waals surface area contributed by atoms with E-state index in [1.165, 1.54) is 17.6 Å². The third-order valence-electron chi connectivity index (χ3n) is 3.34. The third-order valence-corrected chi connectivity index (χ3v) is 4.44. The van der Waals surface area contributed by atoms with E-state index in [-0.39, 0.29) is 17.9 Å². The summed E-state index contributed by atoms with van der Waals surface area (Å²) in [5.74, 6) is -0.182. The molecule has 2 atom stereocenters. The van der Waals surface area contributed by atoms with Crippen LogP contribution in [-0.4, -0.2) is 24.9 Å². The molecule has 0 aliphatic carbocycles. The molecule has 0 aromatic heterocycles. The molecule has 1 saturated heterocycles. The zero-order valence-electron chi connectivity index (χ0n) is 11.7. The van der Waals surface area contributed by atoms with E-state index in [2.05, 4.69) is 37.4 Å². The molecule has 2 unspecified atom stereocenters. The molecular formula is C15H21NO2S. The van der Waals surface area contributed by atoms with Gasteiger partial charge in [-0.25, -0.2) is 0 Å². The number of nitrogens with one attached hydrogen (secondary N) is 1. The summed E-state index contributed by atoms with van der Waals surface area (Å²) in [7, 11) is 1.46. The highest BCUT2D eigenvalue weighted by molar-refractivity contribution is 8.00. The number of hydrogen-bond donors (Lipinski definition) is 1. The fourth-order valence-electron chi connectivity index (χ4n) is 2.53. The largest absolute Gasteiger partial charge is 0.469 e. The molecule has 0 saturated carbocycles. The summed E-state index contributed by atoms with van der Waals surface area (Å²) in [5, 5.41) is 3.96. The Balaban J connectivity index is 2.27. The monoisotopic (exact) mass is 279 g/mol. The van der Waals surface area contributed by atoms with Gasteiger partial charge in [0.2, 0.25) is 0 Å². The number of thioether (sulfide) groups is 1. The number of ether oxygens (including phenoxy) is 1. The Kier molecular flexibility index (Phi) is 4.88. The van der Waals surface area contributed by atoms with E-state index in [1.54, 1.807) is 0 Å². The zero-order valence-corrected chi connectivity index (χ0v) is 12.5. The number of methoxy groups -OCH3 is 1. The molecule has 1 aliphatic rings. The lowest BCUT2D eigenvalue weighted by Crippen LogP contribution is -2.25. The van der Waals surface area contributed by atoms with Crippen molar-refractivity contribution in [2.75, 3.05) is 13.7 Å². The molecule has 4 heteroatoms. The van der Waals surface area contributed by atoms with Gasteiger partial charge in [-0.2, -0.15) is 0 Å². The molecule has 1 aliphatic heterocycles. The maximum atomic E-state index is 11.9. The van der Waals surface area contributed by atoms with Crippen molar-refractivity contribution < 1.29 is 9.53 Å². The minimum Gasteiger partial charge on any atom is -0.469 e. The Morgan fingerprint density at radius 1 is 1.42 bits per heavy atom. The molecule has 0 radical (unpaired) electrons. The van der Waals surface area contributed by atoms with Gasteiger partial charge in [0, 0.05) is 16.2 Å². The molecule has 2 rings (SSSR count). The van der Waals surface area contributed by atoms with E-state index in [0.29, 0.717) is 5.25 Å². The van der Waals surface area contributed by atoms with Crippen molar-refractivity contribution in [3.63, 3.8) is 0 Å². The summed E-state index contributed by atoms with van der Waals surface area (Å²) in [6.07, 6.45) is 0.845. The number of hydrogen-bond acceptors (Lipinski definition) is 4. The fourth-order valence-corrected chi connectivity index (χ4v) is 3.53. The smallest absolute Gasteiger partial charge is 0.310 e. The van der Waals surface area contributed by atoms with E-state index in [9.17, 15) is 4.79 Å².